The Kier molecular flexibility index (Phi) is 4.65. The maximum absolute atomic E-state index is 4.40. The normalized spacial score (nSPS) is 20.3. The first-order valence-corrected chi connectivity index (χ1v) is 8.01. The second kappa shape index (κ2) is 6.85. The van der Waals surface area contributed by atoms with E-state index in [1.165, 1.54) is 31.4 Å². The molecular formula is C17H24N4. The molecular weight excluding hydrogens is 260 g/mol. The fourth-order valence-corrected chi connectivity index (χ4v) is 3.25. The van der Waals surface area contributed by atoms with Crippen molar-refractivity contribution in [3.63, 3.8) is 0 Å². The van der Waals surface area contributed by atoms with Crippen LogP contribution in [0.3, 0.4) is 0 Å². The minimum atomic E-state index is 0.709. The molecule has 0 amide bonds. The van der Waals surface area contributed by atoms with Gasteiger partial charge < -0.3 is 0 Å². The molecule has 0 aliphatic carbocycles. The zero-order chi connectivity index (χ0) is 14.5. The van der Waals surface area contributed by atoms with Crippen LogP contribution in [0.4, 0.5) is 0 Å². The van der Waals surface area contributed by atoms with E-state index in [4.69, 9.17) is 0 Å². The molecule has 0 unspecified atom stereocenters. The molecule has 0 spiro atoms. The summed E-state index contributed by atoms with van der Waals surface area (Å²) >= 11 is 0. The highest BCUT2D eigenvalue weighted by Crippen LogP contribution is 2.28. The van der Waals surface area contributed by atoms with E-state index in [9.17, 15) is 0 Å². The van der Waals surface area contributed by atoms with E-state index < -0.39 is 0 Å². The Morgan fingerprint density at radius 2 is 2.00 bits per heavy atom. The van der Waals surface area contributed by atoms with E-state index >= 15 is 0 Å². The van der Waals surface area contributed by atoms with Gasteiger partial charge in [-0.3, -0.25) is 4.90 Å². The van der Waals surface area contributed by atoms with Crippen LogP contribution >= 0.6 is 0 Å². The second-order valence-electron chi connectivity index (χ2n) is 5.81. The number of nitrogens with zero attached hydrogens (tertiary/aromatic N) is 4. The molecule has 1 aliphatic heterocycles. The number of aromatic nitrogens is 3. The molecule has 1 aromatic heterocycles. The summed E-state index contributed by atoms with van der Waals surface area (Å²) in [5.41, 5.74) is 1.50. The number of benzene rings is 1. The maximum Gasteiger partial charge on any atom is 0.140 e. The zero-order valence-electron chi connectivity index (χ0n) is 12.8. The van der Waals surface area contributed by atoms with Crippen LogP contribution in [0.1, 0.15) is 43.5 Å². The van der Waals surface area contributed by atoms with E-state index in [0.717, 1.165) is 25.5 Å². The highest BCUT2D eigenvalue weighted by molar-refractivity contribution is 5.19. The van der Waals surface area contributed by atoms with Crippen LogP contribution in [0.15, 0.2) is 36.7 Å². The molecule has 1 saturated heterocycles. The third-order valence-electron chi connectivity index (χ3n) is 4.45. The smallest absolute Gasteiger partial charge is 0.140 e. The van der Waals surface area contributed by atoms with Crippen LogP contribution in [0.2, 0.25) is 0 Å². The largest absolute Gasteiger partial charge is 0.296 e. The molecule has 112 valence electrons. The number of rotatable bonds is 4. The summed E-state index contributed by atoms with van der Waals surface area (Å²) in [4.78, 5) is 6.93. The molecule has 0 radical (unpaired) electrons. The Labute approximate surface area is 126 Å². The van der Waals surface area contributed by atoms with Gasteiger partial charge in [-0.2, -0.15) is 5.10 Å². The fraction of sp³-hybridized carbons (Fsp3) is 0.529. The third kappa shape index (κ3) is 3.50. The van der Waals surface area contributed by atoms with E-state index in [2.05, 4.69) is 52.2 Å². The Hall–Kier alpha value is -1.68. The first-order chi connectivity index (χ1) is 10.4. The van der Waals surface area contributed by atoms with Crippen molar-refractivity contribution in [3.8, 4) is 0 Å². The van der Waals surface area contributed by atoms with Gasteiger partial charge in [0.15, 0.2) is 0 Å². The molecule has 2 aromatic rings. The van der Waals surface area contributed by atoms with Gasteiger partial charge in [0.05, 0.1) is 6.54 Å². The Balaban J connectivity index is 1.61. The average Bonchev–Trinajstić information content (AvgIpc) is 2.84. The summed E-state index contributed by atoms with van der Waals surface area (Å²) in [5.74, 6) is 1.80. The summed E-state index contributed by atoms with van der Waals surface area (Å²) in [6.07, 6.45) is 5.47. The summed E-state index contributed by atoms with van der Waals surface area (Å²) in [6, 6.07) is 11.0. The van der Waals surface area contributed by atoms with Gasteiger partial charge in [-0.15, -0.1) is 0 Å². The van der Waals surface area contributed by atoms with Crippen molar-refractivity contribution in [1.82, 2.24) is 19.7 Å². The first-order valence-electron chi connectivity index (χ1n) is 8.01. The minimum Gasteiger partial charge on any atom is -0.296 e. The number of aryl methyl sites for hydroxylation is 1. The molecule has 0 bridgehead atoms. The van der Waals surface area contributed by atoms with Crippen LogP contribution in [-0.2, 0) is 13.1 Å². The lowest BCUT2D eigenvalue weighted by Crippen LogP contribution is -2.26. The molecule has 0 N–H and O–H groups in total. The van der Waals surface area contributed by atoms with Gasteiger partial charge in [0, 0.05) is 6.54 Å². The van der Waals surface area contributed by atoms with Crippen LogP contribution in [-0.4, -0.2) is 32.8 Å². The monoisotopic (exact) mass is 284 g/mol. The minimum absolute atomic E-state index is 0.709. The van der Waals surface area contributed by atoms with Gasteiger partial charge in [-0.1, -0.05) is 30.3 Å². The topological polar surface area (TPSA) is 34.0 Å². The zero-order valence-corrected chi connectivity index (χ0v) is 12.8. The van der Waals surface area contributed by atoms with Crippen molar-refractivity contribution < 1.29 is 0 Å². The van der Waals surface area contributed by atoms with E-state index in [0.29, 0.717) is 5.92 Å². The van der Waals surface area contributed by atoms with Gasteiger partial charge in [0.2, 0.25) is 0 Å². The van der Waals surface area contributed by atoms with Crippen LogP contribution in [0.5, 0.6) is 0 Å². The highest BCUT2D eigenvalue weighted by Gasteiger charge is 2.19. The van der Waals surface area contributed by atoms with Gasteiger partial charge >= 0.3 is 0 Å². The van der Waals surface area contributed by atoms with Crippen LogP contribution in [0.25, 0.3) is 0 Å². The van der Waals surface area contributed by atoms with E-state index in [-0.39, 0.29) is 0 Å². The van der Waals surface area contributed by atoms with Gasteiger partial charge in [0.25, 0.3) is 0 Å². The quantitative estimate of drug-likeness (QED) is 0.865. The van der Waals surface area contributed by atoms with Crippen LogP contribution in [0, 0.1) is 0 Å². The molecule has 1 aromatic carbocycles. The summed E-state index contributed by atoms with van der Waals surface area (Å²) in [7, 11) is 0. The lowest BCUT2D eigenvalue weighted by Gasteiger charge is -2.19. The highest BCUT2D eigenvalue weighted by atomic mass is 15.3. The predicted octanol–water partition coefficient (Wildman–Crippen LogP) is 3.07. The lowest BCUT2D eigenvalue weighted by atomic mass is 9.92. The SMILES string of the molecule is CCn1ncnc1CN1CCC[C@@H](c2ccccc2)CC1. The van der Waals surface area contributed by atoms with Crippen molar-refractivity contribution in [2.75, 3.05) is 13.1 Å². The van der Waals surface area contributed by atoms with Gasteiger partial charge in [0.1, 0.15) is 12.2 Å². The molecule has 1 atom stereocenters. The molecule has 1 aliphatic rings. The van der Waals surface area contributed by atoms with E-state index in [1.54, 1.807) is 6.33 Å². The number of hydrogen-bond donors (Lipinski definition) is 0. The van der Waals surface area contributed by atoms with Crippen LogP contribution < -0.4 is 0 Å². The lowest BCUT2D eigenvalue weighted by molar-refractivity contribution is 0.263. The first kappa shape index (κ1) is 14.3. The molecule has 2 heterocycles. The third-order valence-corrected chi connectivity index (χ3v) is 4.45. The van der Waals surface area contributed by atoms with Crippen molar-refractivity contribution in [1.29, 1.82) is 0 Å². The molecule has 4 heteroatoms. The van der Waals surface area contributed by atoms with E-state index in [1.807, 2.05) is 4.68 Å². The Morgan fingerprint density at radius 3 is 2.81 bits per heavy atom. The summed E-state index contributed by atoms with van der Waals surface area (Å²) in [5, 5.41) is 4.27. The van der Waals surface area contributed by atoms with Gasteiger partial charge in [-0.25, -0.2) is 9.67 Å². The van der Waals surface area contributed by atoms with Crippen molar-refractivity contribution in [3.05, 3.63) is 48.0 Å². The molecule has 3 rings (SSSR count). The summed E-state index contributed by atoms with van der Waals surface area (Å²) < 4.78 is 2.00. The molecule has 1 fully saturated rings. The molecule has 4 nitrogen and oxygen atoms in total. The molecule has 0 saturated carbocycles. The molecule has 21 heavy (non-hydrogen) atoms. The average molecular weight is 284 g/mol. The Morgan fingerprint density at radius 1 is 1.14 bits per heavy atom. The predicted molar refractivity (Wildman–Crippen MR) is 84.0 cm³/mol. The second-order valence-corrected chi connectivity index (χ2v) is 5.81. The summed E-state index contributed by atoms with van der Waals surface area (Å²) in [6.45, 7) is 6.26. The number of hydrogen-bond acceptors (Lipinski definition) is 3. The van der Waals surface area contributed by atoms with Crippen molar-refractivity contribution in [2.45, 2.75) is 45.2 Å². The number of likely N-dealkylation sites (tertiary alicyclic amines) is 1. The fourth-order valence-electron chi connectivity index (χ4n) is 3.25. The van der Waals surface area contributed by atoms with Crippen molar-refractivity contribution >= 4 is 0 Å². The van der Waals surface area contributed by atoms with Crippen molar-refractivity contribution in [2.24, 2.45) is 0 Å². The Bertz CT molecular complexity index is 549. The standard InChI is InChI=1S/C17H24N4/c1-2-21-17(18-14-19-21)13-20-11-6-9-16(10-12-20)15-7-4-3-5-8-15/h3-5,7-8,14,16H,2,6,9-13H2,1H3/t16-/m1/s1. The maximum atomic E-state index is 4.40. The van der Waals surface area contributed by atoms with Gasteiger partial charge in [-0.05, 0) is 50.8 Å².